The molecular weight excluding hydrogens is 380 g/mol. The van der Waals surface area contributed by atoms with Gasteiger partial charge < -0.3 is 19.7 Å². The number of aromatic nitrogens is 2. The van der Waals surface area contributed by atoms with E-state index >= 15 is 0 Å². The zero-order chi connectivity index (χ0) is 18.8. The molecule has 2 aliphatic rings. The van der Waals surface area contributed by atoms with Gasteiger partial charge >= 0.3 is 0 Å². The monoisotopic (exact) mass is 406 g/mol. The molecule has 1 unspecified atom stereocenters. The van der Waals surface area contributed by atoms with Gasteiger partial charge in [0.2, 0.25) is 5.91 Å². The first kappa shape index (κ1) is 20.5. The van der Waals surface area contributed by atoms with Gasteiger partial charge in [-0.2, -0.15) is 5.10 Å². The van der Waals surface area contributed by atoms with Gasteiger partial charge in [-0.3, -0.25) is 9.48 Å². The molecular formula is C20H27ClN4O3. The molecule has 3 atom stereocenters. The number of para-hydroxylation sites is 2. The highest BCUT2D eigenvalue weighted by Gasteiger charge is 2.37. The fourth-order valence-corrected chi connectivity index (χ4v) is 3.93. The predicted octanol–water partition coefficient (Wildman–Crippen LogP) is 1.83. The molecule has 1 aromatic heterocycles. The largest absolute Gasteiger partial charge is 0.486 e. The highest BCUT2D eigenvalue weighted by atomic mass is 35.5. The van der Waals surface area contributed by atoms with Gasteiger partial charge in [0.1, 0.15) is 6.61 Å². The van der Waals surface area contributed by atoms with Crippen LogP contribution in [0.25, 0.3) is 0 Å². The number of benzene rings is 1. The van der Waals surface area contributed by atoms with Crippen LogP contribution >= 0.6 is 12.4 Å². The highest BCUT2D eigenvalue weighted by molar-refractivity contribution is 5.85. The van der Waals surface area contributed by atoms with E-state index in [4.69, 9.17) is 9.47 Å². The first-order valence-corrected chi connectivity index (χ1v) is 9.52. The Hall–Kier alpha value is -2.25. The van der Waals surface area contributed by atoms with Crippen molar-refractivity contribution in [3.05, 3.63) is 42.2 Å². The maximum absolute atomic E-state index is 13.2. The number of rotatable bonds is 5. The summed E-state index contributed by atoms with van der Waals surface area (Å²) in [7, 11) is 1.90. The maximum Gasteiger partial charge on any atom is 0.227 e. The molecule has 2 aromatic rings. The number of carbonyl (C=O) groups excluding carboxylic acids is 1. The number of amides is 1. The van der Waals surface area contributed by atoms with Crippen LogP contribution in [0.15, 0.2) is 36.7 Å². The minimum absolute atomic E-state index is 0. The minimum atomic E-state index is -0.157. The molecule has 0 spiro atoms. The van der Waals surface area contributed by atoms with Gasteiger partial charge in [-0.15, -0.1) is 12.4 Å². The molecule has 152 valence electrons. The van der Waals surface area contributed by atoms with Crippen LogP contribution in [-0.4, -0.2) is 59.5 Å². The first-order chi connectivity index (χ1) is 13.2. The van der Waals surface area contributed by atoms with Crippen LogP contribution < -0.4 is 14.8 Å². The number of carbonyl (C=O) groups is 1. The quantitative estimate of drug-likeness (QED) is 0.820. The van der Waals surface area contributed by atoms with Crippen LogP contribution in [0, 0.1) is 5.92 Å². The molecule has 2 aliphatic heterocycles. The van der Waals surface area contributed by atoms with E-state index in [-0.39, 0.29) is 36.3 Å². The summed E-state index contributed by atoms with van der Waals surface area (Å²) in [6.07, 6.45) is 3.71. The van der Waals surface area contributed by atoms with Crippen LogP contribution in [0.3, 0.4) is 0 Å². The van der Waals surface area contributed by atoms with Crippen LogP contribution in [-0.2, 0) is 11.8 Å². The zero-order valence-electron chi connectivity index (χ0n) is 16.2. The Kier molecular flexibility index (Phi) is 6.46. The fourth-order valence-electron chi connectivity index (χ4n) is 3.93. The van der Waals surface area contributed by atoms with Crippen molar-refractivity contribution in [2.45, 2.75) is 18.9 Å². The molecule has 0 aliphatic carbocycles. The third-order valence-corrected chi connectivity index (χ3v) is 5.37. The molecule has 0 radical (unpaired) electrons. The first-order valence-electron chi connectivity index (χ1n) is 9.52. The number of halogens is 1. The fraction of sp³-hybridized carbons (Fsp3) is 0.500. The molecule has 1 saturated heterocycles. The van der Waals surface area contributed by atoms with E-state index in [0.717, 1.165) is 23.6 Å². The summed E-state index contributed by atoms with van der Waals surface area (Å²) in [5, 5.41) is 7.63. The second-order valence-electron chi connectivity index (χ2n) is 7.19. The molecule has 0 saturated carbocycles. The van der Waals surface area contributed by atoms with E-state index in [9.17, 15) is 4.79 Å². The van der Waals surface area contributed by atoms with Crippen LogP contribution in [0.4, 0.5) is 0 Å². The Morgan fingerprint density at radius 2 is 2.11 bits per heavy atom. The predicted molar refractivity (Wildman–Crippen MR) is 108 cm³/mol. The van der Waals surface area contributed by atoms with Crippen LogP contribution in [0.1, 0.15) is 18.4 Å². The molecule has 8 heteroatoms. The van der Waals surface area contributed by atoms with E-state index in [2.05, 4.69) is 10.4 Å². The van der Waals surface area contributed by atoms with Gasteiger partial charge in [-0.25, -0.2) is 0 Å². The van der Waals surface area contributed by atoms with Crippen molar-refractivity contribution in [2.24, 2.45) is 13.0 Å². The summed E-state index contributed by atoms with van der Waals surface area (Å²) in [5.41, 5.74) is 1.11. The molecule has 1 aromatic carbocycles. The normalized spacial score (nSPS) is 23.1. The van der Waals surface area contributed by atoms with Gasteiger partial charge in [0.25, 0.3) is 0 Å². The van der Waals surface area contributed by atoms with Gasteiger partial charge in [-0.05, 0) is 24.6 Å². The highest BCUT2D eigenvalue weighted by Crippen LogP contribution is 2.32. The van der Waals surface area contributed by atoms with Crippen molar-refractivity contribution in [3.8, 4) is 11.5 Å². The van der Waals surface area contributed by atoms with Gasteiger partial charge in [-0.1, -0.05) is 12.1 Å². The van der Waals surface area contributed by atoms with Gasteiger partial charge in [0, 0.05) is 38.8 Å². The number of aryl methyl sites for hydroxylation is 1. The van der Waals surface area contributed by atoms with Crippen LogP contribution in [0.5, 0.6) is 11.5 Å². The number of fused-ring (bicyclic) bond motifs is 1. The lowest BCUT2D eigenvalue weighted by Gasteiger charge is -2.32. The van der Waals surface area contributed by atoms with Crippen molar-refractivity contribution >= 4 is 18.3 Å². The van der Waals surface area contributed by atoms with E-state index < -0.39 is 0 Å². The third-order valence-electron chi connectivity index (χ3n) is 5.37. The van der Waals surface area contributed by atoms with Gasteiger partial charge in [0.15, 0.2) is 17.6 Å². The standard InChI is InChI=1S/C20H26N4O3.ClH/c1-3-24(12-15-13-26-18-6-4-5-7-19(18)27-15)20(25)17-10-21-9-16(17)14-8-22-23(2)11-14;/h4-8,11,15-17,21H,3,9-10,12-13H2,1-2H3;1H/t15?,16-,17+;/m1./s1. The average Bonchev–Trinajstić information content (AvgIpc) is 3.34. The Bertz CT molecular complexity index is 812. The number of ether oxygens (including phenoxy) is 2. The number of likely N-dealkylation sites (N-methyl/N-ethyl adjacent to an activating group) is 1. The smallest absolute Gasteiger partial charge is 0.227 e. The van der Waals surface area contributed by atoms with E-state index in [1.54, 1.807) is 4.68 Å². The number of nitrogens with one attached hydrogen (secondary N) is 1. The molecule has 7 nitrogen and oxygen atoms in total. The van der Waals surface area contributed by atoms with Crippen molar-refractivity contribution < 1.29 is 14.3 Å². The van der Waals surface area contributed by atoms with Crippen LogP contribution in [0.2, 0.25) is 0 Å². The molecule has 3 heterocycles. The lowest BCUT2D eigenvalue weighted by molar-refractivity contribution is -0.136. The molecule has 1 amide bonds. The average molecular weight is 407 g/mol. The van der Waals surface area contributed by atoms with Crippen molar-refractivity contribution in [1.82, 2.24) is 20.0 Å². The van der Waals surface area contributed by atoms with Crippen molar-refractivity contribution in [1.29, 1.82) is 0 Å². The summed E-state index contributed by atoms with van der Waals surface area (Å²) in [6.45, 7) is 5.14. The molecule has 28 heavy (non-hydrogen) atoms. The topological polar surface area (TPSA) is 68.6 Å². The summed E-state index contributed by atoms with van der Waals surface area (Å²) < 4.78 is 13.6. The van der Waals surface area contributed by atoms with Gasteiger partial charge in [0.05, 0.1) is 18.7 Å². The second kappa shape index (κ2) is 8.84. The van der Waals surface area contributed by atoms with E-state index in [0.29, 0.717) is 26.2 Å². The Labute approximate surface area is 171 Å². The SMILES string of the molecule is CCN(CC1COc2ccccc2O1)C(=O)[C@H]1CNC[C@@H]1c1cnn(C)c1.Cl. The number of hydrogen-bond acceptors (Lipinski definition) is 5. The number of nitrogens with zero attached hydrogens (tertiary/aromatic N) is 3. The molecule has 1 N–H and O–H groups in total. The minimum Gasteiger partial charge on any atom is -0.486 e. The molecule has 4 rings (SSSR count). The third kappa shape index (κ3) is 4.10. The summed E-state index contributed by atoms with van der Waals surface area (Å²) in [5.74, 6) is 1.75. The molecule has 1 fully saturated rings. The zero-order valence-corrected chi connectivity index (χ0v) is 17.0. The maximum atomic E-state index is 13.2. The number of hydrogen-bond donors (Lipinski definition) is 1. The van der Waals surface area contributed by atoms with E-state index in [1.807, 2.05) is 55.5 Å². The Balaban J connectivity index is 0.00000225. The second-order valence-corrected chi connectivity index (χ2v) is 7.19. The lowest BCUT2D eigenvalue weighted by atomic mass is 9.89. The summed E-state index contributed by atoms with van der Waals surface area (Å²) >= 11 is 0. The Morgan fingerprint density at radius 1 is 1.32 bits per heavy atom. The van der Waals surface area contributed by atoms with E-state index in [1.165, 1.54) is 0 Å². The Morgan fingerprint density at radius 3 is 2.82 bits per heavy atom. The summed E-state index contributed by atoms with van der Waals surface area (Å²) in [6, 6.07) is 7.65. The van der Waals surface area contributed by atoms with Crippen molar-refractivity contribution in [3.63, 3.8) is 0 Å². The summed E-state index contributed by atoms with van der Waals surface area (Å²) in [4.78, 5) is 15.1. The molecule has 0 bridgehead atoms. The van der Waals surface area contributed by atoms with Crippen molar-refractivity contribution in [2.75, 3.05) is 32.8 Å². The lowest BCUT2D eigenvalue weighted by Crippen LogP contribution is -2.46.